The van der Waals surface area contributed by atoms with E-state index in [1.807, 2.05) is 39.1 Å². The van der Waals surface area contributed by atoms with Crippen LogP contribution in [0.25, 0.3) is 10.9 Å². The fourth-order valence-electron chi connectivity index (χ4n) is 4.16. The van der Waals surface area contributed by atoms with Gasteiger partial charge < -0.3 is 15.0 Å². The summed E-state index contributed by atoms with van der Waals surface area (Å²) >= 11 is 0. The second kappa shape index (κ2) is 8.20. The Balaban J connectivity index is 1.34. The van der Waals surface area contributed by atoms with Crippen LogP contribution in [0, 0.1) is 5.82 Å². The van der Waals surface area contributed by atoms with Gasteiger partial charge in [0, 0.05) is 36.3 Å². The molecule has 1 aliphatic heterocycles. The number of pyridine rings is 1. The Morgan fingerprint density at radius 1 is 1.21 bits per heavy atom. The van der Waals surface area contributed by atoms with Gasteiger partial charge in [-0.05, 0) is 55.8 Å². The highest BCUT2D eigenvalue weighted by atomic mass is 19.1. The summed E-state index contributed by atoms with van der Waals surface area (Å²) in [6.07, 6.45) is 3.37. The van der Waals surface area contributed by atoms with Crippen LogP contribution in [0.1, 0.15) is 41.4 Å². The number of amides is 1. The van der Waals surface area contributed by atoms with Gasteiger partial charge in [-0.3, -0.25) is 9.48 Å². The normalized spacial score (nSPS) is 13.9. The van der Waals surface area contributed by atoms with Crippen LogP contribution in [0.15, 0.2) is 54.9 Å². The van der Waals surface area contributed by atoms with Crippen molar-refractivity contribution in [3.8, 4) is 11.5 Å². The van der Waals surface area contributed by atoms with E-state index in [0.29, 0.717) is 30.2 Å². The number of rotatable bonds is 6. The molecule has 3 heterocycles. The zero-order valence-corrected chi connectivity index (χ0v) is 18.7. The summed E-state index contributed by atoms with van der Waals surface area (Å²) in [5.41, 5.74) is 3.27. The number of halogens is 1. The third-order valence-electron chi connectivity index (χ3n) is 6.06. The van der Waals surface area contributed by atoms with Gasteiger partial charge in [-0.2, -0.15) is 5.10 Å². The van der Waals surface area contributed by atoms with Gasteiger partial charge >= 0.3 is 0 Å². The molecule has 5 rings (SSSR count). The highest BCUT2D eigenvalue weighted by Crippen LogP contribution is 2.32. The Morgan fingerprint density at radius 3 is 2.85 bits per heavy atom. The first-order valence-corrected chi connectivity index (χ1v) is 10.9. The molecule has 0 spiro atoms. The zero-order valence-electron chi connectivity index (χ0n) is 18.7. The van der Waals surface area contributed by atoms with E-state index < -0.39 is 5.82 Å². The first-order chi connectivity index (χ1) is 15.9. The van der Waals surface area contributed by atoms with Crippen molar-refractivity contribution in [2.45, 2.75) is 26.4 Å². The van der Waals surface area contributed by atoms with Crippen LogP contribution >= 0.6 is 0 Å². The van der Waals surface area contributed by atoms with Gasteiger partial charge in [0.05, 0.1) is 24.3 Å². The van der Waals surface area contributed by atoms with Gasteiger partial charge in [0.2, 0.25) is 0 Å². The highest BCUT2D eigenvalue weighted by Gasteiger charge is 2.29. The molecule has 1 atom stereocenters. The van der Waals surface area contributed by atoms with E-state index in [9.17, 15) is 9.18 Å². The predicted molar refractivity (Wildman–Crippen MR) is 124 cm³/mol. The molecular formula is C25H24FN5O2. The Kier molecular flexibility index (Phi) is 5.20. The molecular weight excluding hydrogens is 421 g/mol. The highest BCUT2D eigenvalue weighted by molar-refractivity contribution is 5.99. The van der Waals surface area contributed by atoms with E-state index in [1.54, 1.807) is 40.2 Å². The lowest BCUT2D eigenvalue weighted by Crippen LogP contribution is -2.22. The number of hydrogen-bond donors (Lipinski definition) is 1. The van der Waals surface area contributed by atoms with Crippen molar-refractivity contribution in [2.24, 2.45) is 7.05 Å². The number of benzene rings is 2. The van der Waals surface area contributed by atoms with Crippen molar-refractivity contribution in [1.82, 2.24) is 19.7 Å². The number of nitrogens with one attached hydrogen (secondary N) is 1. The number of aromatic nitrogens is 3. The summed E-state index contributed by atoms with van der Waals surface area (Å²) in [6.45, 7) is 5.05. The molecule has 1 aliphatic rings. The fourth-order valence-corrected chi connectivity index (χ4v) is 4.16. The van der Waals surface area contributed by atoms with Gasteiger partial charge in [-0.1, -0.05) is 6.07 Å². The van der Waals surface area contributed by atoms with Crippen molar-refractivity contribution in [1.29, 1.82) is 0 Å². The average Bonchev–Trinajstić information content (AvgIpc) is 3.35. The molecule has 4 aromatic rings. The molecule has 0 radical (unpaired) electrons. The SMILES string of the molecule is CCN1Cc2c(ccnc2NC(C)c2ccc(Oc3ccc4c(cnn4C)c3)c(F)c2)C1=O. The summed E-state index contributed by atoms with van der Waals surface area (Å²) in [6, 6.07) is 12.0. The van der Waals surface area contributed by atoms with Gasteiger partial charge in [-0.25, -0.2) is 9.37 Å². The molecule has 8 heteroatoms. The van der Waals surface area contributed by atoms with E-state index >= 15 is 0 Å². The van der Waals surface area contributed by atoms with Crippen molar-refractivity contribution in [3.05, 3.63) is 77.4 Å². The molecule has 2 aromatic carbocycles. The first kappa shape index (κ1) is 20.9. The molecule has 1 amide bonds. The largest absolute Gasteiger partial charge is 0.454 e. The summed E-state index contributed by atoms with van der Waals surface area (Å²) < 4.78 is 22.4. The average molecular weight is 445 g/mol. The van der Waals surface area contributed by atoms with Gasteiger partial charge in [-0.15, -0.1) is 0 Å². The standard InChI is InChI=1S/C25H24FN5O2/c1-4-31-14-20-19(25(31)32)9-10-27-24(20)29-15(2)16-5-8-23(21(26)12-16)33-18-6-7-22-17(11-18)13-28-30(22)3/h5-13,15H,4,14H2,1-3H3,(H,27,29). The summed E-state index contributed by atoms with van der Waals surface area (Å²) in [7, 11) is 1.87. The van der Waals surface area contributed by atoms with Crippen molar-refractivity contribution in [3.63, 3.8) is 0 Å². The van der Waals surface area contributed by atoms with Crippen LogP contribution in [0.5, 0.6) is 11.5 Å². The summed E-state index contributed by atoms with van der Waals surface area (Å²) in [5.74, 6) is 0.906. The number of carbonyl (C=O) groups excluding carboxylic acids is 1. The molecule has 0 saturated carbocycles. The molecule has 0 fully saturated rings. The predicted octanol–water partition coefficient (Wildman–Crippen LogP) is 5.05. The van der Waals surface area contributed by atoms with Crippen LogP contribution in [-0.2, 0) is 13.6 Å². The second-order valence-electron chi connectivity index (χ2n) is 8.15. The molecule has 0 aliphatic carbocycles. The molecule has 2 aromatic heterocycles. The van der Waals surface area contributed by atoms with E-state index in [2.05, 4.69) is 15.4 Å². The second-order valence-corrected chi connectivity index (χ2v) is 8.15. The van der Waals surface area contributed by atoms with Gasteiger partial charge in [0.15, 0.2) is 11.6 Å². The van der Waals surface area contributed by atoms with Crippen molar-refractivity contribution in [2.75, 3.05) is 11.9 Å². The van der Waals surface area contributed by atoms with E-state index in [0.717, 1.165) is 22.0 Å². The maximum absolute atomic E-state index is 14.9. The maximum atomic E-state index is 14.9. The molecule has 1 N–H and O–H groups in total. The van der Waals surface area contributed by atoms with Crippen LogP contribution in [0.2, 0.25) is 0 Å². The minimum atomic E-state index is -0.453. The lowest BCUT2D eigenvalue weighted by Gasteiger charge is -2.18. The van der Waals surface area contributed by atoms with Crippen LogP contribution in [-0.4, -0.2) is 32.1 Å². The topological polar surface area (TPSA) is 72.3 Å². The Bertz CT molecular complexity index is 1370. The minimum absolute atomic E-state index is 0.0163. The smallest absolute Gasteiger partial charge is 0.254 e. The molecule has 1 unspecified atom stereocenters. The number of fused-ring (bicyclic) bond motifs is 2. The van der Waals surface area contributed by atoms with Crippen LogP contribution < -0.4 is 10.1 Å². The third kappa shape index (κ3) is 3.77. The Morgan fingerprint density at radius 2 is 2.06 bits per heavy atom. The number of hydrogen-bond acceptors (Lipinski definition) is 5. The van der Waals surface area contributed by atoms with Crippen molar-refractivity contribution < 1.29 is 13.9 Å². The number of aryl methyl sites for hydroxylation is 1. The third-order valence-corrected chi connectivity index (χ3v) is 6.06. The van der Waals surface area contributed by atoms with E-state index in [4.69, 9.17) is 4.74 Å². The van der Waals surface area contributed by atoms with Gasteiger partial charge in [0.25, 0.3) is 5.91 Å². The van der Waals surface area contributed by atoms with Crippen LogP contribution in [0.4, 0.5) is 10.2 Å². The molecule has 33 heavy (non-hydrogen) atoms. The minimum Gasteiger partial charge on any atom is -0.454 e. The zero-order chi connectivity index (χ0) is 23.1. The number of anilines is 1. The lowest BCUT2D eigenvalue weighted by molar-refractivity contribution is 0.0787. The van der Waals surface area contributed by atoms with E-state index in [1.165, 1.54) is 6.07 Å². The Labute approximate surface area is 190 Å². The van der Waals surface area contributed by atoms with Gasteiger partial charge in [0.1, 0.15) is 11.6 Å². The molecule has 0 saturated heterocycles. The quantitative estimate of drug-likeness (QED) is 0.450. The number of carbonyl (C=O) groups is 1. The van der Waals surface area contributed by atoms with Crippen LogP contribution in [0.3, 0.4) is 0 Å². The maximum Gasteiger partial charge on any atom is 0.254 e. The molecule has 168 valence electrons. The van der Waals surface area contributed by atoms with Crippen molar-refractivity contribution >= 4 is 22.6 Å². The lowest BCUT2D eigenvalue weighted by atomic mass is 10.1. The molecule has 0 bridgehead atoms. The molecule has 7 nitrogen and oxygen atoms in total. The fraction of sp³-hybridized carbons (Fsp3) is 0.240. The first-order valence-electron chi connectivity index (χ1n) is 10.9. The number of ether oxygens (including phenoxy) is 1. The summed E-state index contributed by atoms with van der Waals surface area (Å²) in [5, 5.41) is 8.47. The Hall–Kier alpha value is -3.94. The monoisotopic (exact) mass is 445 g/mol. The summed E-state index contributed by atoms with van der Waals surface area (Å²) in [4.78, 5) is 18.6. The number of nitrogens with zero attached hydrogens (tertiary/aromatic N) is 4. The van der Waals surface area contributed by atoms with E-state index in [-0.39, 0.29) is 17.7 Å².